The summed E-state index contributed by atoms with van der Waals surface area (Å²) in [6.45, 7) is 7.33. The van der Waals surface area contributed by atoms with Crippen LogP contribution in [0.3, 0.4) is 0 Å². The van der Waals surface area contributed by atoms with E-state index in [1.54, 1.807) is 0 Å². The van der Waals surface area contributed by atoms with E-state index in [4.69, 9.17) is 0 Å². The lowest BCUT2D eigenvalue weighted by Crippen LogP contribution is -2.49. The highest BCUT2D eigenvalue weighted by Crippen LogP contribution is 2.35. The Morgan fingerprint density at radius 1 is 1.30 bits per heavy atom. The summed E-state index contributed by atoms with van der Waals surface area (Å²) >= 11 is 0. The maximum atomic E-state index is 10.4. The van der Waals surface area contributed by atoms with E-state index in [0.29, 0.717) is 6.04 Å². The topological polar surface area (TPSA) is 51.1 Å². The van der Waals surface area contributed by atoms with Crippen LogP contribution in [0.5, 0.6) is 0 Å². The summed E-state index contributed by atoms with van der Waals surface area (Å²) in [6.07, 6.45) is 9.96. The van der Waals surface area contributed by atoms with Gasteiger partial charge in [0.25, 0.3) is 0 Å². The summed E-state index contributed by atoms with van der Waals surface area (Å²) in [5.41, 5.74) is -0.0216. The molecule has 2 fully saturated rings. The number of nitrogens with one attached hydrogen (secondary N) is 1. The molecule has 0 spiro atoms. The third kappa shape index (κ3) is 3.72. The third-order valence-electron chi connectivity index (χ3n) is 5.97. The van der Waals surface area contributed by atoms with Crippen LogP contribution in [-0.4, -0.2) is 72.8 Å². The average Bonchev–Trinajstić information content (AvgIpc) is 3.22. The van der Waals surface area contributed by atoms with E-state index in [-0.39, 0.29) is 11.5 Å². The maximum absolute atomic E-state index is 10.4. The van der Waals surface area contributed by atoms with Gasteiger partial charge in [0.2, 0.25) is 0 Å². The van der Waals surface area contributed by atoms with E-state index in [0.717, 1.165) is 57.9 Å². The Bertz CT molecular complexity index is 456. The number of likely N-dealkylation sites (tertiary alicyclic amines) is 1. The van der Waals surface area contributed by atoms with Gasteiger partial charge in [-0.25, -0.2) is 0 Å². The van der Waals surface area contributed by atoms with Gasteiger partial charge >= 0.3 is 0 Å². The number of guanidine groups is 1. The first kappa shape index (κ1) is 16.8. The van der Waals surface area contributed by atoms with Crippen molar-refractivity contribution in [2.24, 2.45) is 10.4 Å². The number of aliphatic hydroxyl groups excluding tert-OH is 1. The van der Waals surface area contributed by atoms with Crippen molar-refractivity contribution in [3.63, 3.8) is 0 Å². The minimum absolute atomic E-state index is 0.0216. The van der Waals surface area contributed by atoms with Gasteiger partial charge in [0.1, 0.15) is 0 Å². The monoisotopic (exact) mass is 320 g/mol. The lowest BCUT2D eigenvalue weighted by atomic mass is 9.73. The van der Waals surface area contributed by atoms with E-state index in [1.807, 2.05) is 7.05 Å². The molecule has 0 aromatic rings. The maximum Gasteiger partial charge on any atom is 0.193 e. The molecule has 3 aliphatic rings. The number of aliphatic hydroxyl groups is 1. The van der Waals surface area contributed by atoms with E-state index in [1.165, 1.54) is 12.8 Å². The first-order chi connectivity index (χ1) is 11.1. The Morgan fingerprint density at radius 3 is 2.78 bits per heavy atom. The standard InChI is InChI=1S/C18H32N4O/c1-18(9-4-3-7-16(18)23)14-20-17(19-2)22-12-8-15(13-22)21-10-5-6-11-21/h5-6,15-16,23H,3-4,7-14H2,1-2H3,(H,19,20). The van der Waals surface area contributed by atoms with Crippen LogP contribution in [0.4, 0.5) is 0 Å². The van der Waals surface area contributed by atoms with Gasteiger partial charge in [-0.05, 0) is 19.3 Å². The lowest BCUT2D eigenvalue weighted by Gasteiger charge is -2.39. The van der Waals surface area contributed by atoms with Crippen LogP contribution in [-0.2, 0) is 0 Å². The zero-order valence-electron chi connectivity index (χ0n) is 14.7. The summed E-state index contributed by atoms with van der Waals surface area (Å²) in [4.78, 5) is 9.41. The van der Waals surface area contributed by atoms with Crippen LogP contribution in [0.1, 0.15) is 39.0 Å². The van der Waals surface area contributed by atoms with Gasteiger partial charge in [0, 0.05) is 51.2 Å². The Kier molecular flexibility index (Phi) is 5.27. The van der Waals surface area contributed by atoms with E-state index >= 15 is 0 Å². The van der Waals surface area contributed by atoms with Crippen LogP contribution >= 0.6 is 0 Å². The second kappa shape index (κ2) is 7.22. The molecule has 5 heteroatoms. The normalized spacial score (nSPS) is 36.0. The number of hydrogen-bond acceptors (Lipinski definition) is 3. The Morgan fingerprint density at radius 2 is 2.09 bits per heavy atom. The van der Waals surface area contributed by atoms with Crippen molar-refractivity contribution in [2.75, 3.05) is 39.8 Å². The molecule has 23 heavy (non-hydrogen) atoms. The Labute approximate surface area is 140 Å². The zero-order valence-corrected chi connectivity index (χ0v) is 14.7. The van der Waals surface area contributed by atoms with Crippen LogP contribution in [0.15, 0.2) is 17.1 Å². The van der Waals surface area contributed by atoms with Crippen molar-refractivity contribution in [1.82, 2.24) is 15.1 Å². The SMILES string of the molecule is CN=C(NCC1(C)CCCCC1O)N1CCC(N2CC=CC2)C1. The van der Waals surface area contributed by atoms with Crippen molar-refractivity contribution in [2.45, 2.75) is 51.2 Å². The van der Waals surface area contributed by atoms with Crippen LogP contribution in [0, 0.1) is 5.41 Å². The predicted octanol–water partition coefficient (Wildman–Crippen LogP) is 1.45. The van der Waals surface area contributed by atoms with Crippen molar-refractivity contribution >= 4 is 5.96 Å². The molecule has 0 radical (unpaired) electrons. The summed E-state index contributed by atoms with van der Waals surface area (Å²) < 4.78 is 0. The number of nitrogens with zero attached hydrogens (tertiary/aromatic N) is 3. The molecule has 3 rings (SSSR count). The zero-order chi connectivity index (χ0) is 16.3. The molecule has 1 saturated carbocycles. The van der Waals surface area contributed by atoms with Gasteiger partial charge < -0.3 is 15.3 Å². The van der Waals surface area contributed by atoms with Crippen molar-refractivity contribution < 1.29 is 5.11 Å². The Hall–Kier alpha value is -1.07. The quantitative estimate of drug-likeness (QED) is 0.469. The number of hydrogen-bond donors (Lipinski definition) is 2. The minimum atomic E-state index is -0.191. The Balaban J connectivity index is 1.52. The molecule has 1 aliphatic carbocycles. The molecular formula is C18H32N4O. The molecule has 2 aliphatic heterocycles. The minimum Gasteiger partial charge on any atom is -0.392 e. The van der Waals surface area contributed by atoms with E-state index in [2.05, 4.69) is 39.2 Å². The number of aliphatic imine (C=N–C) groups is 1. The number of rotatable bonds is 3. The van der Waals surface area contributed by atoms with Crippen molar-refractivity contribution in [1.29, 1.82) is 0 Å². The fraction of sp³-hybridized carbons (Fsp3) is 0.833. The molecule has 0 amide bonds. The molecule has 5 nitrogen and oxygen atoms in total. The van der Waals surface area contributed by atoms with Crippen molar-refractivity contribution in [3.8, 4) is 0 Å². The first-order valence-corrected chi connectivity index (χ1v) is 9.15. The summed E-state index contributed by atoms with van der Waals surface area (Å²) in [7, 11) is 1.87. The highest BCUT2D eigenvalue weighted by Gasteiger charge is 2.36. The molecule has 3 atom stereocenters. The fourth-order valence-electron chi connectivity index (χ4n) is 4.23. The van der Waals surface area contributed by atoms with Gasteiger partial charge in [0.15, 0.2) is 5.96 Å². The lowest BCUT2D eigenvalue weighted by molar-refractivity contribution is 0.00369. The van der Waals surface area contributed by atoms with Gasteiger partial charge in [-0.15, -0.1) is 0 Å². The average molecular weight is 320 g/mol. The molecule has 130 valence electrons. The predicted molar refractivity (Wildman–Crippen MR) is 94.6 cm³/mol. The molecule has 2 heterocycles. The largest absolute Gasteiger partial charge is 0.392 e. The molecule has 2 N–H and O–H groups in total. The second-order valence-corrected chi connectivity index (χ2v) is 7.63. The van der Waals surface area contributed by atoms with Gasteiger partial charge in [-0.2, -0.15) is 0 Å². The van der Waals surface area contributed by atoms with E-state index < -0.39 is 0 Å². The molecule has 0 aromatic heterocycles. The first-order valence-electron chi connectivity index (χ1n) is 9.15. The van der Waals surface area contributed by atoms with Crippen molar-refractivity contribution in [3.05, 3.63) is 12.2 Å². The molecule has 3 unspecified atom stereocenters. The van der Waals surface area contributed by atoms with Gasteiger partial charge in [-0.1, -0.05) is 31.9 Å². The van der Waals surface area contributed by atoms with Crippen LogP contribution in [0.2, 0.25) is 0 Å². The fourth-order valence-corrected chi connectivity index (χ4v) is 4.23. The van der Waals surface area contributed by atoms with Crippen LogP contribution in [0.25, 0.3) is 0 Å². The highest BCUT2D eigenvalue weighted by atomic mass is 16.3. The van der Waals surface area contributed by atoms with Gasteiger partial charge in [-0.3, -0.25) is 9.89 Å². The van der Waals surface area contributed by atoms with Crippen LogP contribution < -0.4 is 5.32 Å². The summed E-state index contributed by atoms with van der Waals surface area (Å²) in [5, 5.41) is 13.9. The smallest absolute Gasteiger partial charge is 0.193 e. The summed E-state index contributed by atoms with van der Waals surface area (Å²) in [5.74, 6) is 0.999. The molecule has 0 aromatic carbocycles. The summed E-state index contributed by atoms with van der Waals surface area (Å²) in [6, 6.07) is 0.638. The molecule has 1 saturated heterocycles. The highest BCUT2D eigenvalue weighted by molar-refractivity contribution is 5.80. The molecular weight excluding hydrogens is 288 g/mol. The second-order valence-electron chi connectivity index (χ2n) is 7.63. The van der Waals surface area contributed by atoms with E-state index in [9.17, 15) is 5.11 Å². The van der Waals surface area contributed by atoms with Gasteiger partial charge in [0.05, 0.1) is 6.10 Å². The molecule has 0 bridgehead atoms. The third-order valence-corrected chi connectivity index (χ3v) is 5.97.